The number of aliphatic hydroxyl groups is 1. The number of anilines is 1. The molecule has 2 heterocycles. The van der Waals surface area contributed by atoms with Crippen LogP contribution in [0.3, 0.4) is 0 Å². The van der Waals surface area contributed by atoms with E-state index in [1.54, 1.807) is 6.07 Å². The second-order valence-corrected chi connectivity index (χ2v) is 5.79. The van der Waals surface area contributed by atoms with E-state index in [9.17, 15) is 18.3 Å². The molecule has 24 heavy (non-hydrogen) atoms. The highest BCUT2D eigenvalue weighted by Crippen LogP contribution is 2.36. The van der Waals surface area contributed by atoms with E-state index in [1.165, 1.54) is 6.07 Å². The van der Waals surface area contributed by atoms with Gasteiger partial charge in [0, 0.05) is 19.2 Å². The molecule has 0 radical (unpaired) electrons. The first kappa shape index (κ1) is 16.5. The van der Waals surface area contributed by atoms with Crippen molar-refractivity contribution in [2.24, 2.45) is 0 Å². The minimum atomic E-state index is -4.41. The summed E-state index contributed by atoms with van der Waals surface area (Å²) in [7, 11) is 0. The molecule has 3 rings (SSSR count). The van der Waals surface area contributed by atoms with Crippen LogP contribution < -0.4 is 9.64 Å². The molecular weight excluding hydrogens is 323 g/mol. The maximum atomic E-state index is 12.1. The molecule has 0 bridgehead atoms. The van der Waals surface area contributed by atoms with Crippen molar-refractivity contribution in [3.8, 4) is 5.88 Å². The first-order chi connectivity index (χ1) is 11.4. The van der Waals surface area contributed by atoms with E-state index in [1.807, 2.05) is 35.2 Å². The molecule has 1 saturated heterocycles. The lowest BCUT2D eigenvalue weighted by atomic mass is 9.74. The Labute approximate surface area is 136 Å². The fraction of sp³-hybridized carbons (Fsp3) is 0.375. The van der Waals surface area contributed by atoms with E-state index >= 15 is 0 Å². The molecule has 0 unspecified atom stereocenters. The number of aromatic nitrogens is 2. The summed E-state index contributed by atoms with van der Waals surface area (Å²) in [5.74, 6) is 0.363. The summed E-state index contributed by atoms with van der Waals surface area (Å²) >= 11 is 0. The summed E-state index contributed by atoms with van der Waals surface area (Å²) in [6.07, 6.45) is -4.41. The van der Waals surface area contributed by atoms with Crippen molar-refractivity contribution in [2.45, 2.75) is 11.6 Å². The van der Waals surface area contributed by atoms with Crippen molar-refractivity contribution >= 4 is 5.82 Å². The van der Waals surface area contributed by atoms with Gasteiger partial charge in [0.2, 0.25) is 5.88 Å². The molecule has 1 aliphatic heterocycles. The van der Waals surface area contributed by atoms with E-state index in [0.717, 1.165) is 5.56 Å². The number of hydrogen-bond acceptors (Lipinski definition) is 5. The third-order valence-corrected chi connectivity index (χ3v) is 4.01. The van der Waals surface area contributed by atoms with Crippen LogP contribution in [0.25, 0.3) is 0 Å². The van der Waals surface area contributed by atoms with Crippen LogP contribution in [-0.2, 0) is 5.41 Å². The van der Waals surface area contributed by atoms with Crippen molar-refractivity contribution in [1.29, 1.82) is 0 Å². The third-order valence-electron chi connectivity index (χ3n) is 4.01. The van der Waals surface area contributed by atoms with Crippen LogP contribution >= 0.6 is 0 Å². The number of hydrogen-bond donors (Lipinski definition) is 1. The zero-order chi connectivity index (χ0) is 17.2. The second kappa shape index (κ2) is 6.27. The summed E-state index contributed by atoms with van der Waals surface area (Å²) in [4.78, 5) is 1.91. The van der Waals surface area contributed by atoms with Crippen molar-refractivity contribution in [3.05, 3.63) is 48.0 Å². The Morgan fingerprint density at radius 3 is 2.33 bits per heavy atom. The fourth-order valence-electron chi connectivity index (χ4n) is 2.73. The summed E-state index contributed by atoms with van der Waals surface area (Å²) in [6.45, 7) is -0.268. The van der Waals surface area contributed by atoms with Gasteiger partial charge >= 0.3 is 6.18 Å². The predicted molar refractivity (Wildman–Crippen MR) is 81.0 cm³/mol. The fourth-order valence-corrected chi connectivity index (χ4v) is 2.73. The highest BCUT2D eigenvalue weighted by molar-refractivity contribution is 5.48. The largest absolute Gasteiger partial charge is 0.467 e. The van der Waals surface area contributed by atoms with Crippen molar-refractivity contribution in [1.82, 2.24) is 10.2 Å². The lowest BCUT2D eigenvalue weighted by Gasteiger charge is -2.50. The molecule has 1 aromatic carbocycles. The number of aliphatic hydroxyl groups excluding tert-OH is 1. The highest BCUT2D eigenvalue weighted by atomic mass is 19.4. The summed E-state index contributed by atoms with van der Waals surface area (Å²) in [6, 6.07) is 12.6. The van der Waals surface area contributed by atoms with Crippen molar-refractivity contribution < 1.29 is 23.0 Å². The summed E-state index contributed by atoms with van der Waals surface area (Å²) in [5.41, 5.74) is 0.691. The molecule has 2 aromatic rings. The zero-order valence-corrected chi connectivity index (χ0v) is 12.7. The molecule has 1 N–H and O–H groups in total. The van der Waals surface area contributed by atoms with Gasteiger partial charge in [-0.05, 0) is 11.6 Å². The lowest BCUT2D eigenvalue weighted by molar-refractivity contribution is -0.154. The lowest BCUT2D eigenvalue weighted by Crippen LogP contribution is -2.61. The maximum Gasteiger partial charge on any atom is 0.422 e. The van der Waals surface area contributed by atoms with Crippen LogP contribution in [0.5, 0.6) is 5.88 Å². The summed E-state index contributed by atoms with van der Waals surface area (Å²) < 4.78 is 40.8. The number of benzene rings is 1. The van der Waals surface area contributed by atoms with Gasteiger partial charge in [0.1, 0.15) is 0 Å². The Morgan fingerprint density at radius 1 is 1.08 bits per heavy atom. The second-order valence-electron chi connectivity index (χ2n) is 5.79. The molecule has 1 aromatic heterocycles. The quantitative estimate of drug-likeness (QED) is 0.905. The topological polar surface area (TPSA) is 58.5 Å². The van der Waals surface area contributed by atoms with E-state index in [4.69, 9.17) is 0 Å². The first-order valence-electron chi connectivity index (χ1n) is 7.36. The predicted octanol–water partition coefficient (Wildman–Crippen LogP) is 2.17. The van der Waals surface area contributed by atoms with Gasteiger partial charge in [-0.25, -0.2) is 0 Å². The first-order valence-corrected chi connectivity index (χ1v) is 7.36. The number of alkyl halides is 3. The van der Waals surface area contributed by atoms with Crippen LogP contribution in [0.1, 0.15) is 5.56 Å². The number of ether oxygens (including phenoxy) is 1. The van der Waals surface area contributed by atoms with Gasteiger partial charge < -0.3 is 14.7 Å². The van der Waals surface area contributed by atoms with Crippen LogP contribution in [0.4, 0.5) is 19.0 Å². The van der Waals surface area contributed by atoms with Gasteiger partial charge in [-0.15, -0.1) is 10.2 Å². The molecule has 1 aliphatic rings. The van der Waals surface area contributed by atoms with E-state index in [0.29, 0.717) is 18.9 Å². The Balaban J connectivity index is 1.63. The van der Waals surface area contributed by atoms with Crippen LogP contribution in [0.2, 0.25) is 0 Å². The third kappa shape index (κ3) is 3.43. The van der Waals surface area contributed by atoms with Crippen LogP contribution in [-0.4, -0.2) is 47.8 Å². The average molecular weight is 339 g/mol. The van der Waals surface area contributed by atoms with Gasteiger partial charge in [-0.3, -0.25) is 0 Å². The molecule has 0 amide bonds. The summed E-state index contributed by atoms with van der Waals surface area (Å²) in [5, 5.41) is 17.3. The van der Waals surface area contributed by atoms with E-state index in [-0.39, 0.29) is 17.9 Å². The standard InChI is InChI=1S/C16H16F3N3O2/c17-16(18,19)11-24-14-7-6-13(20-21-14)22-8-15(9-22,10-23)12-4-2-1-3-5-12/h1-7,23H,8-11H2. The SMILES string of the molecule is OCC1(c2ccccc2)CN(c2ccc(OCC(F)(F)F)nn2)C1. The molecule has 0 spiro atoms. The number of nitrogens with zero attached hydrogens (tertiary/aromatic N) is 3. The molecule has 8 heteroatoms. The molecule has 128 valence electrons. The smallest absolute Gasteiger partial charge is 0.422 e. The van der Waals surface area contributed by atoms with Crippen LogP contribution in [0, 0.1) is 0 Å². The van der Waals surface area contributed by atoms with Gasteiger partial charge in [0.05, 0.1) is 12.0 Å². The maximum absolute atomic E-state index is 12.1. The van der Waals surface area contributed by atoms with Gasteiger partial charge in [-0.1, -0.05) is 30.3 Å². The van der Waals surface area contributed by atoms with E-state index < -0.39 is 12.8 Å². The average Bonchev–Trinajstić information content (AvgIpc) is 2.54. The van der Waals surface area contributed by atoms with E-state index in [2.05, 4.69) is 14.9 Å². The number of rotatable bonds is 5. The minimum absolute atomic E-state index is 0.00766. The zero-order valence-electron chi connectivity index (χ0n) is 12.7. The Kier molecular flexibility index (Phi) is 4.31. The molecular formula is C16H16F3N3O2. The molecule has 5 nitrogen and oxygen atoms in total. The van der Waals surface area contributed by atoms with Crippen LogP contribution in [0.15, 0.2) is 42.5 Å². The van der Waals surface area contributed by atoms with Gasteiger partial charge in [-0.2, -0.15) is 13.2 Å². The molecule has 0 atom stereocenters. The molecule has 0 aliphatic carbocycles. The highest BCUT2D eigenvalue weighted by Gasteiger charge is 2.44. The number of halogens is 3. The normalized spacial score (nSPS) is 16.6. The minimum Gasteiger partial charge on any atom is -0.467 e. The van der Waals surface area contributed by atoms with Crippen molar-refractivity contribution in [3.63, 3.8) is 0 Å². The Bertz CT molecular complexity index is 671. The van der Waals surface area contributed by atoms with Gasteiger partial charge in [0.15, 0.2) is 12.4 Å². The Morgan fingerprint density at radius 2 is 1.79 bits per heavy atom. The van der Waals surface area contributed by atoms with Crippen molar-refractivity contribution in [2.75, 3.05) is 31.2 Å². The Hall–Kier alpha value is -2.35. The molecule has 1 fully saturated rings. The monoisotopic (exact) mass is 339 g/mol. The van der Waals surface area contributed by atoms with Gasteiger partial charge in [0.25, 0.3) is 0 Å². The molecule has 0 saturated carbocycles.